The van der Waals surface area contributed by atoms with E-state index in [-0.39, 0.29) is 5.88 Å². The first-order valence-corrected chi connectivity index (χ1v) is 5.82. The van der Waals surface area contributed by atoms with Gasteiger partial charge in [-0.15, -0.1) is 0 Å². The van der Waals surface area contributed by atoms with Gasteiger partial charge >= 0.3 is 6.09 Å². The summed E-state index contributed by atoms with van der Waals surface area (Å²) < 4.78 is 10.2. The van der Waals surface area contributed by atoms with Crippen LogP contribution in [0.4, 0.5) is 10.5 Å². The van der Waals surface area contributed by atoms with Crippen molar-refractivity contribution in [2.75, 3.05) is 12.4 Å². The lowest BCUT2D eigenvalue weighted by Crippen LogP contribution is -2.27. The van der Waals surface area contributed by atoms with Gasteiger partial charge in [0.1, 0.15) is 16.4 Å². The summed E-state index contributed by atoms with van der Waals surface area (Å²) in [4.78, 5) is 15.7. The highest BCUT2D eigenvalue weighted by Gasteiger charge is 2.18. The highest BCUT2D eigenvalue weighted by Crippen LogP contribution is 2.27. The molecule has 1 rings (SSSR count). The monoisotopic (exact) mass is 272 g/mol. The van der Waals surface area contributed by atoms with Gasteiger partial charge in [0.05, 0.1) is 7.11 Å². The van der Waals surface area contributed by atoms with Gasteiger partial charge in [-0.05, 0) is 39.3 Å². The molecule has 0 atom stereocenters. The highest BCUT2D eigenvalue weighted by atomic mass is 35.5. The molecule has 18 heavy (non-hydrogen) atoms. The molecule has 0 saturated carbocycles. The topological polar surface area (TPSA) is 60.5 Å². The summed E-state index contributed by atoms with van der Waals surface area (Å²) in [6.07, 6.45) is -0.565. The SMILES string of the molecule is COc1nc(Cl)c(C)cc1NC(=O)OC(C)(C)C. The molecular formula is C12H17ClN2O3. The average Bonchev–Trinajstić information content (AvgIpc) is 2.20. The fourth-order valence-corrected chi connectivity index (χ4v) is 1.37. The molecule has 0 radical (unpaired) electrons. The lowest BCUT2D eigenvalue weighted by Gasteiger charge is -2.20. The van der Waals surface area contributed by atoms with Crippen LogP contribution in [0.3, 0.4) is 0 Å². The molecule has 1 aromatic heterocycles. The maximum atomic E-state index is 11.6. The Morgan fingerprint density at radius 2 is 2.06 bits per heavy atom. The Bertz CT molecular complexity index is 455. The molecule has 0 unspecified atom stereocenters. The lowest BCUT2D eigenvalue weighted by molar-refractivity contribution is 0.0635. The molecule has 1 aromatic rings. The number of aryl methyl sites for hydroxylation is 1. The molecule has 0 saturated heterocycles. The van der Waals surface area contributed by atoms with Crippen LogP contribution in [-0.2, 0) is 4.74 Å². The molecule has 0 aliphatic heterocycles. The van der Waals surface area contributed by atoms with Crippen molar-refractivity contribution in [1.29, 1.82) is 0 Å². The molecule has 1 heterocycles. The Balaban J connectivity index is 2.90. The minimum Gasteiger partial charge on any atom is -0.479 e. The second-order valence-corrected chi connectivity index (χ2v) is 5.14. The molecule has 0 aliphatic rings. The first-order valence-electron chi connectivity index (χ1n) is 5.44. The first kappa shape index (κ1) is 14.6. The maximum Gasteiger partial charge on any atom is 0.412 e. The van der Waals surface area contributed by atoms with Crippen molar-refractivity contribution in [2.45, 2.75) is 33.3 Å². The molecular weight excluding hydrogens is 256 g/mol. The zero-order valence-corrected chi connectivity index (χ0v) is 11.9. The second-order valence-electron chi connectivity index (χ2n) is 4.78. The van der Waals surface area contributed by atoms with Gasteiger partial charge in [0.2, 0.25) is 5.88 Å². The van der Waals surface area contributed by atoms with Crippen LogP contribution < -0.4 is 10.1 Å². The van der Waals surface area contributed by atoms with Gasteiger partial charge in [0, 0.05) is 0 Å². The van der Waals surface area contributed by atoms with Gasteiger partial charge < -0.3 is 9.47 Å². The number of carbonyl (C=O) groups is 1. The van der Waals surface area contributed by atoms with E-state index in [1.807, 2.05) is 0 Å². The van der Waals surface area contributed by atoms with Crippen LogP contribution in [0.5, 0.6) is 5.88 Å². The number of carbonyl (C=O) groups excluding carboxylic acids is 1. The quantitative estimate of drug-likeness (QED) is 0.838. The molecule has 6 heteroatoms. The lowest BCUT2D eigenvalue weighted by atomic mass is 10.2. The van der Waals surface area contributed by atoms with E-state index in [2.05, 4.69) is 10.3 Å². The minimum atomic E-state index is -0.565. The fourth-order valence-electron chi connectivity index (χ4n) is 1.23. The van der Waals surface area contributed by atoms with Gasteiger partial charge in [-0.3, -0.25) is 5.32 Å². The van der Waals surface area contributed by atoms with E-state index < -0.39 is 11.7 Å². The Hall–Kier alpha value is -1.49. The molecule has 0 aliphatic carbocycles. The Kier molecular flexibility index (Phi) is 4.40. The van der Waals surface area contributed by atoms with Gasteiger partial charge in [0.25, 0.3) is 0 Å². The van der Waals surface area contributed by atoms with E-state index in [1.165, 1.54) is 7.11 Å². The van der Waals surface area contributed by atoms with E-state index in [0.717, 1.165) is 5.56 Å². The van der Waals surface area contributed by atoms with Crippen molar-refractivity contribution in [3.05, 3.63) is 16.8 Å². The first-order chi connectivity index (χ1) is 8.23. The third kappa shape index (κ3) is 4.07. The number of methoxy groups -OCH3 is 1. The Morgan fingerprint density at radius 1 is 1.44 bits per heavy atom. The number of nitrogens with zero attached hydrogens (tertiary/aromatic N) is 1. The number of rotatable bonds is 2. The zero-order chi connectivity index (χ0) is 13.9. The number of amides is 1. The van der Waals surface area contributed by atoms with Crippen LogP contribution in [0.2, 0.25) is 5.15 Å². The molecule has 0 bridgehead atoms. The van der Waals surface area contributed by atoms with E-state index in [9.17, 15) is 4.79 Å². The van der Waals surface area contributed by atoms with Gasteiger partial charge in [-0.2, -0.15) is 4.98 Å². The number of hydrogen-bond donors (Lipinski definition) is 1. The summed E-state index contributed by atoms with van der Waals surface area (Å²) in [6, 6.07) is 1.68. The number of nitrogens with one attached hydrogen (secondary N) is 1. The predicted molar refractivity (Wildman–Crippen MR) is 70.4 cm³/mol. The van der Waals surface area contributed by atoms with Crippen LogP contribution in [0, 0.1) is 6.92 Å². The van der Waals surface area contributed by atoms with Crippen LogP contribution in [0.15, 0.2) is 6.07 Å². The second kappa shape index (κ2) is 5.44. The van der Waals surface area contributed by atoms with Crippen molar-refractivity contribution in [1.82, 2.24) is 4.98 Å². The summed E-state index contributed by atoms with van der Waals surface area (Å²) in [7, 11) is 1.45. The third-order valence-electron chi connectivity index (χ3n) is 1.95. The Labute approximate surface area is 111 Å². The smallest absolute Gasteiger partial charge is 0.412 e. The summed E-state index contributed by atoms with van der Waals surface area (Å²) >= 11 is 5.87. The van der Waals surface area contributed by atoms with E-state index in [1.54, 1.807) is 33.8 Å². The van der Waals surface area contributed by atoms with Crippen molar-refractivity contribution in [3.63, 3.8) is 0 Å². The Morgan fingerprint density at radius 3 is 2.56 bits per heavy atom. The molecule has 5 nitrogen and oxygen atoms in total. The zero-order valence-electron chi connectivity index (χ0n) is 11.1. The number of hydrogen-bond acceptors (Lipinski definition) is 4. The van der Waals surface area contributed by atoms with Crippen molar-refractivity contribution >= 4 is 23.4 Å². The fraction of sp³-hybridized carbons (Fsp3) is 0.500. The molecule has 1 amide bonds. The summed E-state index contributed by atoms with van der Waals surface area (Å²) in [5, 5.41) is 2.91. The maximum absolute atomic E-state index is 11.6. The van der Waals surface area contributed by atoms with Crippen LogP contribution in [0.25, 0.3) is 0 Å². The number of aromatic nitrogens is 1. The predicted octanol–water partition coefficient (Wildman–Crippen LogP) is 3.40. The van der Waals surface area contributed by atoms with E-state index in [0.29, 0.717) is 10.8 Å². The molecule has 0 fully saturated rings. The number of halogens is 1. The van der Waals surface area contributed by atoms with Crippen molar-refractivity contribution in [2.24, 2.45) is 0 Å². The summed E-state index contributed by atoms with van der Waals surface area (Å²) in [5.74, 6) is 0.247. The number of anilines is 1. The average molecular weight is 273 g/mol. The van der Waals surface area contributed by atoms with E-state index >= 15 is 0 Å². The molecule has 0 spiro atoms. The summed E-state index contributed by atoms with van der Waals surface area (Å²) in [6.45, 7) is 7.15. The molecule has 0 aromatic carbocycles. The number of ether oxygens (including phenoxy) is 2. The van der Waals surface area contributed by atoms with Gasteiger partial charge in [-0.1, -0.05) is 11.6 Å². The summed E-state index contributed by atoms with van der Waals surface area (Å²) in [5.41, 5.74) is 0.601. The van der Waals surface area contributed by atoms with Gasteiger partial charge in [-0.25, -0.2) is 4.79 Å². The van der Waals surface area contributed by atoms with Gasteiger partial charge in [0.15, 0.2) is 0 Å². The van der Waals surface area contributed by atoms with Crippen LogP contribution in [0.1, 0.15) is 26.3 Å². The number of pyridine rings is 1. The largest absolute Gasteiger partial charge is 0.479 e. The normalized spacial score (nSPS) is 11.0. The molecule has 1 N–H and O–H groups in total. The van der Waals surface area contributed by atoms with Crippen molar-refractivity contribution < 1.29 is 14.3 Å². The van der Waals surface area contributed by atoms with Crippen LogP contribution >= 0.6 is 11.6 Å². The highest BCUT2D eigenvalue weighted by molar-refractivity contribution is 6.30. The van der Waals surface area contributed by atoms with Crippen molar-refractivity contribution in [3.8, 4) is 5.88 Å². The van der Waals surface area contributed by atoms with E-state index in [4.69, 9.17) is 21.1 Å². The van der Waals surface area contributed by atoms with Crippen LogP contribution in [-0.4, -0.2) is 23.8 Å². The minimum absolute atomic E-state index is 0.247. The third-order valence-corrected chi connectivity index (χ3v) is 2.33. The standard InChI is InChI=1S/C12H17ClN2O3/c1-7-6-8(10(17-5)15-9(7)13)14-11(16)18-12(2,3)4/h6H,1-5H3,(H,14,16). The molecule has 100 valence electrons.